The monoisotopic (exact) mass is 246 g/mol. The van der Waals surface area contributed by atoms with E-state index in [0.29, 0.717) is 16.4 Å². The molecule has 0 spiro atoms. The van der Waals surface area contributed by atoms with Crippen LogP contribution in [0.5, 0.6) is 0 Å². The third-order valence-electron chi connectivity index (χ3n) is 2.39. The van der Waals surface area contributed by atoms with Crippen molar-refractivity contribution < 1.29 is 4.79 Å². The van der Waals surface area contributed by atoms with Gasteiger partial charge < -0.3 is 11.1 Å². The molecule has 4 heteroatoms. The summed E-state index contributed by atoms with van der Waals surface area (Å²) >= 11 is 1.31. The second-order valence-electron chi connectivity index (χ2n) is 3.69. The van der Waals surface area contributed by atoms with Crippen molar-refractivity contribution >= 4 is 22.2 Å². The second kappa shape index (κ2) is 5.50. The summed E-state index contributed by atoms with van der Waals surface area (Å²) in [6, 6.07) is 13.6. The molecule has 17 heavy (non-hydrogen) atoms. The number of amides is 1. The Labute approximate surface area is 104 Å². The molecule has 1 aromatic carbocycles. The number of anilines is 1. The molecule has 0 aliphatic carbocycles. The third-order valence-corrected chi connectivity index (χ3v) is 3.31. The highest BCUT2D eigenvalue weighted by Gasteiger charge is 2.06. The molecule has 2 rings (SSSR count). The van der Waals surface area contributed by atoms with Crippen LogP contribution in [0.2, 0.25) is 0 Å². The summed E-state index contributed by atoms with van der Waals surface area (Å²) in [5, 5.41) is 3.54. The maximum absolute atomic E-state index is 11.7. The van der Waals surface area contributed by atoms with Gasteiger partial charge in [0.15, 0.2) is 0 Å². The van der Waals surface area contributed by atoms with Crippen molar-refractivity contribution in [3.05, 3.63) is 52.9 Å². The molecule has 0 unspecified atom stereocenters. The SMILES string of the molecule is Nc1ccc(C(=O)NCCc2ccccc2)s1. The third kappa shape index (κ3) is 3.32. The lowest BCUT2D eigenvalue weighted by molar-refractivity contribution is 0.0958. The van der Waals surface area contributed by atoms with Gasteiger partial charge in [0.05, 0.1) is 9.88 Å². The van der Waals surface area contributed by atoms with Crippen molar-refractivity contribution in [2.75, 3.05) is 12.3 Å². The van der Waals surface area contributed by atoms with Gasteiger partial charge in [-0.15, -0.1) is 11.3 Å². The lowest BCUT2D eigenvalue weighted by atomic mass is 10.1. The van der Waals surface area contributed by atoms with Crippen LogP contribution in [-0.4, -0.2) is 12.5 Å². The van der Waals surface area contributed by atoms with Gasteiger partial charge >= 0.3 is 0 Å². The van der Waals surface area contributed by atoms with E-state index < -0.39 is 0 Å². The molecule has 0 aliphatic heterocycles. The Hall–Kier alpha value is -1.81. The van der Waals surface area contributed by atoms with Crippen LogP contribution >= 0.6 is 11.3 Å². The van der Waals surface area contributed by atoms with Crippen LogP contribution in [0.15, 0.2) is 42.5 Å². The van der Waals surface area contributed by atoms with Crippen LogP contribution in [0.1, 0.15) is 15.2 Å². The van der Waals surface area contributed by atoms with Gasteiger partial charge in [-0.05, 0) is 24.1 Å². The number of thiophene rings is 1. The van der Waals surface area contributed by atoms with E-state index in [1.54, 1.807) is 12.1 Å². The van der Waals surface area contributed by atoms with Crippen molar-refractivity contribution in [3.8, 4) is 0 Å². The van der Waals surface area contributed by atoms with Gasteiger partial charge in [0, 0.05) is 6.54 Å². The molecule has 3 nitrogen and oxygen atoms in total. The van der Waals surface area contributed by atoms with Crippen LogP contribution in [0.25, 0.3) is 0 Å². The maximum Gasteiger partial charge on any atom is 0.261 e. The maximum atomic E-state index is 11.7. The van der Waals surface area contributed by atoms with Gasteiger partial charge in [-0.1, -0.05) is 30.3 Å². The fourth-order valence-electron chi connectivity index (χ4n) is 1.53. The van der Waals surface area contributed by atoms with E-state index in [4.69, 9.17) is 5.73 Å². The van der Waals surface area contributed by atoms with E-state index in [1.807, 2.05) is 18.2 Å². The van der Waals surface area contributed by atoms with Gasteiger partial charge in [-0.2, -0.15) is 0 Å². The van der Waals surface area contributed by atoms with Gasteiger partial charge in [-0.25, -0.2) is 0 Å². The Morgan fingerprint density at radius 2 is 1.94 bits per heavy atom. The number of benzene rings is 1. The van der Waals surface area contributed by atoms with E-state index in [2.05, 4.69) is 17.4 Å². The highest BCUT2D eigenvalue weighted by molar-refractivity contribution is 7.17. The lowest BCUT2D eigenvalue weighted by Gasteiger charge is -2.03. The number of carbonyl (C=O) groups excluding carboxylic acids is 1. The first-order valence-electron chi connectivity index (χ1n) is 5.43. The predicted octanol–water partition coefficient (Wildman–Crippen LogP) is 2.30. The molecule has 0 atom stereocenters. The van der Waals surface area contributed by atoms with Crippen molar-refractivity contribution in [1.82, 2.24) is 5.32 Å². The van der Waals surface area contributed by atoms with Crippen molar-refractivity contribution in [3.63, 3.8) is 0 Å². The highest BCUT2D eigenvalue weighted by atomic mass is 32.1. The molecule has 88 valence electrons. The van der Waals surface area contributed by atoms with Crippen molar-refractivity contribution in [2.24, 2.45) is 0 Å². The van der Waals surface area contributed by atoms with Gasteiger partial charge in [0.2, 0.25) is 0 Å². The van der Waals surface area contributed by atoms with E-state index in [-0.39, 0.29) is 5.91 Å². The molecule has 2 aromatic rings. The molecule has 0 radical (unpaired) electrons. The molecule has 3 N–H and O–H groups in total. The van der Waals surface area contributed by atoms with E-state index in [1.165, 1.54) is 16.9 Å². The Morgan fingerprint density at radius 3 is 2.59 bits per heavy atom. The molecule has 1 heterocycles. The number of rotatable bonds is 4. The normalized spacial score (nSPS) is 10.1. The Balaban J connectivity index is 1.81. The van der Waals surface area contributed by atoms with E-state index in [0.717, 1.165) is 6.42 Å². The summed E-state index contributed by atoms with van der Waals surface area (Å²) in [5.41, 5.74) is 6.80. The molecular weight excluding hydrogens is 232 g/mol. The van der Waals surface area contributed by atoms with Crippen molar-refractivity contribution in [2.45, 2.75) is 6.42 Å². The minimum atomic E-state index is -0.0531. The van der Waals surface area contributed by atoms with Gasteiger partial charge in [-0.3, -0.25) is 4.79 Å². The first-order chi connectivity index (χ1) is 8.25. The largest absolute Gasteiger partial charge is 0.391 e. The van der Waals surface area contributed by atoms with Crippen molar-refractivity contribution in [1.29, 1.82) is 0 Å². The van der Waals surface area contributed by atoms with Gasteiger partial charge in [0.1, 0.15) is 0 Å². The molecule has 0 bridgehead atoms. The summed E-state index contributed by atoms with van der Waals surface area (Å²) in [6.45, 7) is 0.640. The van der Waals surface area contributed by atoms with E-state index >= 15 is 0 Å². The van der Waals surface area contributed by atoms with E-state index in [9.17, 15) is 4.79 Å². The summed E-state index contributed by atoms with van der Waals surface area (Å²) < 4.78 is 0. The Bertz CT molecular complexity index is 493. The summed E-state index contributed by atoms with van der Waals surface area (Å²) in [5.74, 6) is -0.0531. The van der Waals surface area contributed by atoms with Gasteiger partial charge in [0.25, 0.3) is 5.91 Å². The predicted molar refractivity (Wildman–Crippen MR) is 71.2 cm³/mol. The summed E-state index contributed by atoms with van der Waals surface area (Å²) in [7, 11) is 0. The molecule has 0 saturated carbocycles. The fourth-order valence-corrected chi connectivity index (χ4v) is 2.22. The Morgan fingerprint density at radius 1 is 1.18 bits per heavy atom. The summed E-state index contributed by atoms with van der Waals surface area (Å²) in [6.07, 6.45) is 0.841. The average molecular weight is 246 g/mol. The number of nitrogens with two attached hydrogens (primary N) is 1. The fraction of sp³-hybridized carbons (Fsp3) is 0.154. The second-order valence-corrected chi connectivity index (χ2v) is 4.81. The minimum Gasteiger partial charge on any atom is -0.391 e. The number of hydrogen-bond acceptors (Lipinski definition) is 3. The quantitative estimate of drug-likeness (QED) is 0.869. The zero-order valence-electron chi connectivity index (χ0n) is 9.35. The van der Waals surface area contributed by atoms with Crippen LogP contribution < -0.4 is 11.1 Å². The smallest absolute Gasteiger partial charge is 0.261 e. The van der Waals surface area contributed by atoms with Crippen LogP contribution in [-0.2, 0) is 6.42 Å². The number of nitrogen functional groups attached to an aromatic ring is 1. The van der Waals surface area contributed by atoms with Crippen LogP contribution in [0.4, 0.5) is 5.00 Å². The standard InChI is InChI=1S/C13H14N2OS/c14-12-7-6-11(17-12)13(16)15-9-8-10-4-2-1-3-5-10/h1-7H,8-9,14H2,(H,15,16). The number of hydrogen-bond donors (Lipinski definition) is 2. The first kappa shape index (κ1) is 11.7. The number of carbonyl (C=O) groups is 1. The zero-order chi connectivity index (χ0) is 12.1. The molecule has 1 amide bonds. The Kier molecular flexibility index (Phi) is 3.77. The number of nitrogens with one attached hydrogen (secondary N) is 1. The lowest BCUT2D eigenvalue weighted by Crippen LogP contribution is -2.24. The molecule has 0 saturated heterocycles. The first-order valence-corrected chi connectivity index (χ1v) is 6.25. The topological polar surface area (TPSA) is 55.1 Å². The van der Waals surface area contributed by atoms with Crippen LogP contribution in [0, 0.1) is 0 Å². The molecule has 0 fully saturated rings. The highest BCUT2D eigenvalue weighted by Crippen LogP contribution is 2.17. The molecular formula is C13H14N2OS. The molecule has 1 aromatic heterocycles. The van der Waals surface area contributed by atoms with Crippen LogP contribution in [0.3, 0.4) is 0 Å². The molecule has 0 aliphatic rings. The summed E-state index contributed by atoms with van der Waals surface area (Å²) in [4.78, 5) is 12.4. The average Bonchev–Trinajstić information content (AvgIpc) is 2.77. The minimum absolute atomic E-state index is 0.0531. The zero-order valence-corrected chi connectivity index (χ0v) is 10.2.